The molecule has 0 heterocycles. The Bertz CT molecular complexity index is 96.3. The Hall–Kier alpha value is 0.210. The van der Waals surface area contributed by atoms with Crippen LogP contribution in [0.25, 0.3) is 0 Å². The van der Waals surface area contributed by atoms with Crippen LogP contribution in [0.5, 0.6) is 0 Å². The van der Waals surface area contributed by atoms with Crippen LogP contribution in [0.1, 0.15) is 27.7 Å². The maximum atomic E-state index is 8.94. The number of rotatable bonds is 4. The molecule has 0 aliphatic carbocycles. The van der Waals surface area contributed by atoms with Gasteiger partial charge in [-0.1, -0.05) is 11.6 Å². The predicted octanol–water partition coefficient (Wildman–Crippen LogP) is 1.66. The molecule has 0 spiro atoms. The second kappa shape index (κ2) is 4.96. The van der Waals surface area contributed by atoms with Crippen LogP contribution in [-0.2, 0) is 0 Å². The first-order valence-corrected chi connectivity index (χ1v) is 4.46. The predicted molar refractivity (Wildman–Crippen MR) is 48.8 cm³/mol. The Morgan fingerprint density at radius 3 is 1.64 bits per heavy atom. The molecule has 0 aromatic rings. The Morgan fingerprint density at radius 2 is 1.55 bits per heavy atom. The highest BCUT2D eigenvalue weighted by Crippen LogP contribution is 2.06. The van der Waals surface area contributed by atoms with Crippen LogP contribution >= 0.6 is 11.6 Å². The molecule has 0 aliphatic heterocycles. The van der Waals surface area contributed by atoms with E-state index in [4.69, 9.17) is 16.7 Å². The topological polar surface area (TPSA) is 23.5 Å². The highest BCUT2D eigenvalue weighted by Gasteiger charge is 2.15. The number of hydrogen-bond acceptors (Lipinski definition) is 2. The smallest absolute Gasteiger partial charge is 0.140 e. The Kier molecular flexibility index (Phi) is 5.06. The third-order valence-electron chi connectivity index (χ3n) is 1.69. The molecule has 0 saturated carbocycles. The largest absolute Gasteiger partial charge is 0.376 e. The van der Waals surface area contributed by atoms with Crippen molar-refractivity contribution in [1.29, 1.82) is 0 Å². The second-order valence-corrected chi connectivity index (χ2v) is 3.82. The molecule has 0 rings (SSSR count). The van der Waals surface area contributed by atoms with Crippen molar-refractivity contribution in [2.24, 2.45) is 0 Å². The Morgan fingerprint density at radius 1 is 1.18 bits per heavy atom. The van der Waals surface area contributed by atoms with E-state index in [0.717, 1.165) is 0 Å². The van der Waals surface area contributed by atoms with Gasteiger partial charge in [-0.25, -0.2) is 0 Å². The van der Waals surface area contributed by atoms with Gasteiger partial charge >= 0.3 is 0 Å². The first-order valence-electron chi connectivity index (χ1n) is 4.03. The lowest BCUT2D eigenvalue weighted by Crippen LogP contribution is -2.40. The molecular formula is C8H18ClNO. The van der Waals surface area contributed by atoms with Gasteiger partial charge in [0, 0.05) is 18.6 Å². The highest BCUT2D eigenvalue weighted by atomic mass is 35.5. The zero-order valence-corrected chi connectivity index (χ0v) is 8.47. The van der Waals surface area contributed by atoms with Crippen LogP contribution in [0.3, 0.4) is 0 Å². The molecule has 0 aromatic heterocycles. The van der Waals surface area contributed by atoms with Crippen LogP contribution in [0.4, 0.5) is 0 Å². The van der Waals surface area contributed by atoms with Gasteiger partial charge in [-0.05, 0) is 27.7 Å². The molecule has 1 atom stereocenters. The zero-order chi connectivity index (χ0) is 9.02. The van der Waals surface area contributed by atoms with E-state index in [0.29, 0.717) is 18.6 Å². The summed E-state index contributed by atoms with van der Waals surface area (Å²) in [7, 11) is 0. The standard InChI is InChI=1S/C8H18ClNO/c1-6(2)10(7(3)4)5-8(9)11/h6-8,11H,5H2,1-4H3. The number of alkyl halides is 1. The van der Waals surface area contributed by atoms with Gasteiger partial charge in [-0.3, -0.25) is 4.90 Å². The molecule has 11 heavy (non-hydrogen) atoms. The van der Waals surface area contributed by atoms with E-state index in [1.807, 2.05) is 0 Å². The number of hydrogen-bond donors (Lipinski definition) is 1. The Balaban J connectivity index is 3.90. The van der Waals surface area contributed by atoms with Crippen molar-refractivity contribution in [2.75, 3.05) is 6.54 Å². The van der Waals surface area contributed by atoms with Gasteiger partial charge in [0.2, 0.25) is 0 Å². The fraction of sp³-hybridized carbons (Fsp3) is 1.00. The van der Waals surface area contributed by atoms with Crippen LogP contribution in [0, 0.1) is 0 Å². The summed E-state index contributed by atoms with van der Waals surface area (Å²) < 4.78 is 0. The van der Waals surface area contributed by atoms with E-state index in [1.54, 1.807) is 0 Å². The van der Waals surface area contributed by atoms with Crippen molar-refractivity contribution in [2.45, 2.75) is 45.3 Å². The normalized spacial score (nSPS) is 15.0. The minimum atomic E-state index is -0.750. The van der Waals surface area contributed by atoms with Gasteiger partial charge in [0.25, 0.3) is 0 Å². The summed E-state index contributed by atoms with van der Waals surface area (Å²) >= 11 is 5.47. The Labute approximate surface area is 74.2 Å². The minimum Gasteiger partial charge on any atom is -0.376 e. The molecule has 0 fully saturated rings. The van der Waals surface area contributed by atoms with Gasteiger partial charge < -0.3 is 5.11 Å². The molecule has 68 valence electrons. The van der Waals surface area contributed by atoms with E-state index in [1.165, 1.54) is 0 Å². The van der Waals surface area contributed by atoms with Gasteiger partial charge in [-0.2, -0.15) is 0 Å². The molecule has 2 nitrogen and oxygen atoms in total. The summed E-state index contributed by atoms with van der Waals surface area (Å²) in [6.45, 7) is 8.92. The summed E-state index contributed by atoms with van der Waals surface area (Å²) in [6.07, 6.45) is 0. The molecule has 0 radical (unpaired) electrons. The third kappa shape index (κ3) is 4.62. The van der Waals surface area contributed by atoms with Crippen LogP contribution in [0.2, 0.25) is 0 Å². The molecule has 0 aromatic carbocycles. The van der Waals surface area contributed by atoms with Crippen molar-refractivity contribution in [3.63, 3.8) is 0 Å². The minimum absolute atomic E-state index is 0.434. The number of aliphatic hydroxyl groups excluding tert-OH is 1. The number of nitrogens with zero attached hydrogens (tertiary/aromatic N) is 1. The monoisotopic (exact) mass is 179 g/mol. The lowest BCUT2D eigenvalue weighted by atomic mass is 10.2. The van der Waals surface area contributed by atoms with Crippen LogP contribution < -0.4 is 0 Å². The van der Waals surface area contributed by atoms with Gasteiger partial charge in [-0.15, -0.1) is 0 Å². The lowest BCUT2D eigenvalue weighted by Gasteiger charge is -2.30. The molecule has 1 N–H and O–H groups in total. The van der Waals surface area contributed by atoms with Gasteiger partial charge in [0.1, 0.15) is 5.56 Å². The molecule has 3 heteroatoms. The summed E-state index contributed by atoms with van der Waals surface area (Å²) in [4.78, 5) is 2.15. The maximum Gasteiger partial charge on any atom is 0.140 e. The van der Waals surface area contributed by atoms with Crippen LogP contribution in [0.15, 0.2) is 0 Å². The van der Waals surface area contributed by atoms with Crippen molar-refractivity contribution >= 4 is 11.6 Å². The van der Waals surface area contributed by atoms with E-state index in [2.05, 4.69) is 32.6 Å². The van der Waals surface area contributed by atoms with Gasteiger partial charge in [0.15, 0.2) is 0 Å². The van der Waals surface area contributed by atoms with Gasteiger partial charge in [0.05, 0.1) is 0 Å². The first kappa shape index (κ1) is 11.2. The van der Waals surface area contributed by atoms with Crippen molar-refractivity contribution in [1.82, 2.24) is 4.90 Å². The van der Waals surface area contributed by atoms with Crippen LogP contribution in [-0.4, -0.2) is 34.2 Å². The van der Waals surface area contributed by atoms with Crippen molar-refractivity contribution in [3.05, 3.63) is 0 Å². The quantitative estimate of drug-likeness (QED) is 0.664. The maximum absolute atomic E-state index is 8.94. The summed E-state index contributed by atoms with van der Waals surface area (Å²) in [6, 6.07) is 0.867. The highest BCUT2D eigenvalue weighted by molar-refractivity contribution is 6.19. The van der Waals surface area contributed by atoms with E-state index in [-0.39, 0.29) is 0 Å². The lowest BCUT2D eigenvalue weighted by molar-refractivity contribution is 0.116. The molecule has 0 aliphatic rings. The fourth-order valence-electron chi connectivity index (χ4n) is 1.19. The summed E-state index contributed by atoms with van der Waals surface area (Å²) in [5, 5.41) is 8.94. The average molecular weight is 180 g/mol. The molecule has 0 amide bonds. The second-order valence-electron chi connectivity index (χ2n) is 3.32. The SMILES string of the molecule is CC(C)N(CC(O)Cl)C(C)C. The summed E-state index contributed by atoms with van der Waals surface area (Å²) in [5.74, 6) is 0. The first-order chi connectivity index (χ1) is 4.95. The molecule has 0 saturated heterocycles. The van der Waals surface area contributed by atoms with E-state index in [9.17, 15) is 0 Å². The van der Waals surface area contributed by atoms with Crippen molar-refractivity contribution in [3.8, 4) is 0 Å². The number of halogens is 1. The third-order valence-corrected chi connectivity index (χ3v) is 1.83. The fourth-order valence-corrected chi connectivity index (χ4v) is 1.35. The average Bonchev–Trinajstić information content (AvgIpc) is 1.81. The van der Waals surface area contributed by atoms with E-state index < -0.39 is 5.56 Å². The molecule has 0 bridgehead atoms. The molecular weight excluding hydrogens is 162 g/mol. The van der Waals surface area contributed by atoms with E-state index >= 15 is 0 Å². The molecule has 1 unspecified atom stereocenters. The summed E-state index contributed by atoms with van der Waals surface area (Å²) in [5.41, 5.74) is -0.750. The number of aliphatic hydroxyl groups is 1. The van der Waals surface area contributed by atoms with Crippen molar-refractivity contribution < 1.29 is 5.11 Å². The zero-order valence-electron chi connectivity index (χ0n) is 7.71.